The van der Waals surface area contributed by atoms with Crippen LogP contribution in [0.25, 0.3) is 10.9 Å². The molecule has 0 amide bonds. The van der Waals surface area contributed by atoms with E-state index >= 15 is 0 Å². The molecule has 1 heterocycles. The number of fused-ring (bicyclic) bond motifs is 1. The van der Waals surface area contributed by atoms with Crippen LogP contribution in [-0.2, 0) is 29.8 Å². The van der Waals surface area contributed by atoms with Crippen molar-refractivity contribution in [3.8, 4) is 0 Å². The van der Waals surface area contributed by atoms with Gasteiger partial charge in [0.15, 0.2) is 0 Å². The summed E-state index contributed by atoms with van der Waals surface area (Å²) in [6.07, 6.45) is 1.52. The van der Waals surface area contributed by atoms with E-state index in [2.05, 4.69) is 0 Å². The van der Waals surface area contributed by atoms with E-state index in [1.54, 1.807) is 56.3 Å². The van der Waals surface area contributed by atoms with Crippen molar-refractivity contribution in [1.29, 1.82) is 0 Å². The highest BCUT2D eigenvalue weighted by Crippen LogP contribution is 2.52. The molecular formula is C19H22NO5PS. The van der Waals surface area contributed by atoms with E-state index < -0.39 is 17.6 Å². The first-order valence-electron chi connectivity index (χ1n) is 8.69. The Morgan fingerprint density at radius 2 is 1.52 bits per heavy atom. The number of hydrogen-bond acceptors (Lipinski definition) is 5. The highest BCUT2D eigenvalue weighted by Gasteiger charge is 2.28. The van der Waals surface area contributed by atoms with Gasteiger partial charge in [0.1, 0.15) is 0 Å². The van der Waals surface area contributed by atoms with Gasteiger partial charge in [-0.2, -0.15) is 0 Å². The van der Waals surface area contributed by atoms with Crippen LogP contribution in [0.5, 0.6) is 0 Å². The third kappa shape index (κ3) is 4.01. The van der Waals surface area contributed by atoms with Gasteiger partial charge in [0.05, 0.1) is 29.8 Å². The Morgan fingerprint density at radius 3 is 2.15 bits per heavy atom. The molecule has 0 aliphatic heterocycles. The second kappa shape index (κ2) is 7.98. The summed E-state index contributed by atoms with van der Waals surface area (Å²) in [6, 6.07) is 15.3. The first-order chi connectivity index (χ1) is 12.9. The SMILES string of the molecule is CCOP(=O)(Cc1cn(S(=O)(=O)c2ccccc2)c2ccccc12)OCC. The van der Waals surface area contributed by atoms with Gasteiger partial charge in [-0.3, -0.25) is 4.57 Å². The molecule has 3 rings (SSSR count). The molecule has 6 nitrogen and oxygen atoms in total. The molecule has 0 saturated heterocycles. The molecule has 0 unspecified atom stereocenters. The first-order valence-corrected chi connectivity index (χ1v) is 11.9. The molecule has 0 aliphatic rings. The van der Waals surface area contributed by atoms with Crippen molar-refractivity contribution in [3.05, 3.63) is 66.4 Å². The number of rotatable bonds is 8. The molecule has 0 bridgehead atoms. The van der Waals surface area contributed by atoms with Crippen molar-refractivity contribution in [1.82, 2.24) is 3.97 Å². The normalized spacial score (nSPS) is 12.5. The van der Waals surface area contributed by atoms with Gasteiger partial charge in [0.2, 0.25) is 0 Å². The fourth-order valence-corrected chi connectivity index (χ4v) is 6.10. The minimum atomic E-state index is -3.78. The summed E-state index contributed by atoms with van der Waals surface area (Å²) in [6.45, 7) is 3.99. The molecule has 1 aromatic heterocycles. The highest BCUT2D eigenvalue weighted by atomic mass is 32.2. The van der Waals surface area contributed by atoms with Gasteiger partial charge in [-0.05, 0) is 37.6 Å². The third-order valence-corrected chi connectivity index (χ3v) is 7.80. The molecule has 0 aliphatic carbocycles. The Labute approximate surface area is 159 Å². The van der Waals surface area contributed by atoms with Gasteiger partial charge < -0.3 is 9.05 Å². The maximum absolute atomic E-state index is 13.1. The fraction of sp³-hybridized carbons (Fsp3) is 0.263. The standard InChI is InChI=1S/C19H22NO5PS/c1-3-24-26(21,25-4-2)15-16-14-20(19-13-9-8-12-18(16)19)27(22,23)17-10-6-5-7-11-17/h5-14H,3-4,15H2,1-2H3. The van der Waals surface area contributed by atoms with E-state index in [0.717, 1.165) is 0 Å². The zero-order chi connectivity index (χ0) is 19.5. The van der Waals surface area contributed by atoms with Gasteiger partial charge in [-0.1, -0.05) is 36.4 Å². The Kier molecular flexibility index (Phi) is 5.86. The smallest absolute Gasteiger partial charge is 0.309 e. The van der Waals surface area contributed by atoms with Crippen molar-refractivity contribution >= 4 is 28.5 Å². The van der Waals surface area contributed by atoms with Crippen LogP contribution in [0.3, 0.4) is 0 Å². The van der Waals surface area contributed by atoms with Crippen LogP contribution in [0, 0.1) is 0 Å². The van der Waals surface area contributed by atoms with Crippen LogP contribution in [-0.4, -0.2) is 25.6 Å². The molecule has 8 heteroatoms. The maximum Gasteiger partial charge on any atom is 0.335 e. The monoisotopic (exact) mass is 407 g/mol. The van der Waals surface area contributed by atoms with Crippen molar-refractivity contribution in [2.75, 3.05) is 13.2 Å². The summed E-state index contributed by atoms with van der Waals surface area (Å²) in [7, 11) is -7.14. The van der Waals surface area contributed by atoms with Crippen molar-refractivity contribution in [2.45, 2.75) is 24.9 Å². The molecule has 0 atom stereocenters. The second-order valence-electron chi connectivity index (χ2n) is 5.89. The average Bonchev–Trinajstić information content (AvgIpc) is 3.02. The third-order valence-electron chi connectivity index (χ3n) is 4.08. The minimum Gasteiger partial charge on any atom is -0.309 e. The van der Waals surface area contributed by atoms with E-state index in [-0.39, 0.29) is 24.3 Å². The number of nitrogens with zero attached hydrogens (tertiary/aromatic N) is 1. The lowest BCUT2D eigenvalue weighted by molar-refractivity contribution is 0.219. The summed E-state index contributed by atoms with van der Waals surface area (Å²) in [5.74, 6) is 0. The second-order valence-corrected chi connectivity index (χ2v) is 9.76. The number of hydrogen-bond donors (Lipinski definition) is 0. The highest BCUT2D eigenvalue weighted by molar-refractivity contribution is 7.90. The zero-order valence-corrected chi connectivity index (χ0v) is 16.9. The molecule has 144 valence electrons. The Bertz CT molecular complexity index is 1070. The topological polar surface area (TPSA) is 74.6 Å². The van der Waals surface area contributed by atoms with Crippen molar-refractivity contribution in [2.24, 2.45) is 0 Å². The molecule has 0 spiro atoms. The van der Waals surface area contributed by atoms with Crippen LogP contribution < -0.4 is 0 Å². The predicted octanol–water partition coefficient (Wildman–Crippen LogP) is 4.64. The maximum atomic E-state index is 13.1. The van der Waals surface area contributed by atoms with Gasteiger partial charge in [0, 0.05) is 11.6 Å². The summed E-state index contributed by atoms with van der Waals surface area (Å²) in [5, 5.41) is 0.705. The quantitative estimate of drug-likeness (QED) is 0.509. The van der Waals surface area contributed by atoms with E-state index in [4.69, 9.17) is 9.05 Å². The summed E-state index contributed by atoms with van der Waals surface area (Å²) in [4.78, 5) is 0.190. The molecule has 0 fully saturated rings. The molecule has 0 saturated carbocycles. The van der Waals surface area contributed by atoms with E-state index in [9.17, 15) is 13.0 Å². The number of benzene rings is 2. The van der Waals surface area contributed by atoms with Gasteiger partial charge in [0.25, 0.3) is 10.0 Å². The summed E-state index contributed by atoms with van der Waals surface area (Å²) < 4.78 is 51.2. The average molecular weight is 407 g/mol. The molecule has 0 radical (unpaired) electrons. The molecule has 27 heavy (non-hydrogen) atoms. The predicted molar refractivity (Wildman–Crippen MR) is 106 cm³/mol. The fourth-order valence-electron chi connectivity index (χ4n) is 2.98. The lowest BCUT2D eigenvalue weighted by atomic mass is 10.2. The van der Waals surface area contributed by atoms with E-state index in [1.807, 2.05) is 12.1 Å². The zero-order valence-electron chi connectivity index (χ0n) is 15.2. The molecular weight excluding hydrogens is 385 g/mol. The lowest BCUT2D eigenvalue weighted by Gasteiger charge is -2.16. The summed E-state index contributed by atoms with van der Waals surface area (Å²) in [5.41, 5.74) is 1.13. The molecule has 2 aromatic carbocycles. The van der Waals surface area contributed by atoms with Gasteiger partial charge >= 0.3 is 7.60 Å². The lowest BCUT2D eigenvalue weighted by Crippen LogP contribution is -2.11. The summed E-state index contributed by atoms with van der Waals surface area (Å²) >= 11 is 0. The first kappa shape index (κ1) is 19.8. The van der Waals surface area contributed by atoms with Crippen molar-refractivity contribution < 1.29 is 22.0 Å². The van der Waals surface area contributed by atoms with Crippen LogP contribution in [0.15, 0.2) is 65.7 Å². The van der Waals surface area contributed by atoms with Crippen LogP contribution in [0.4, 0.5) is 0 Å². The minimum absolute atomic E-state index is 0.00645. The van der Waals surface area contributed by atoms with Gasteiger partial charge in [-0.25, -0.2) is 12.4 Å². The number of aromatic nitrogens is 1. The number of para-hydroxylation sites is 1. The van der Waals surface area contributed by atoms with E-state index in [1.165, 1.54) is 10.2 Å². The van der Waals surface area contributed by atoms with Crippen LogP contribution >= 0.6 is 7.60 Å². The van der Waals surface area contributed by atoms with E-state index in [0.29, 0.717) is 16.5 Å². The molecule has 0 N–H and O–H groups in total. The van der Waals surface area contributed by atoms with Gasteiger partial charge in [-0.15, -0.1) is 0 Å². The Balaban J connectivity index is 2.14. The molecule has 3 aromatic rings. The Hall–Kier alpha value is -1.92. The van der Waals surface area contributed by atoms with Crippen LogP contribution in [0.1, 0.15) is 19.4 Å². The van der Waals surface area contributed by atoms with Crippen LogP contribution in [0.2, 0.25) is 0 Å². The van der Waals surface area contributed by atoms with Crippen molar-refractivity contribution in [3.63, 3.8) is 0 Å². The Morgan fingerprint density at radius 1 is 0.926 bits per heavy atom. The largest absolute Gasteiger partial charge is 0.335 e.